The highest BCUT2D eigenvalue weighted by Gasteiger charge is 2.27. The van der Waals surface area contributed by atoms with Crippen LogP contribution in [-0.2, 0) is 21.3 Å². The maximum absolute atomic E-state index is 12.9. The van der Waals surface area contributed by atoms with Crippen LogP contribution in [0.25, 0.3) is 0 Å². The molecule has 2 saturated heterocycles. The summed E-state index contributed by atoms with van der Waals surface area (Å²) in [5.41, 5.74) is 1.27. The molecule has 2 aromatic rings. The number of nitrogens with zero attached hydrogens (tertiary/aromatic N) is 3. The second kappa shape index (κ2) is 9.76. The van der Waals surface area contributed by atoms with Gasteiger partial charge in [0.05, 0.1) is 18.1 Å². The van der Waals surface area contributed by atoms with Gasteiger partial charge in [-0.3, -0.25) is 4.79 Å². The summed E-state index contributed by atoms with van der Waals surface area (Å²) in [5.74, 6) is 0.596. The van der Waals surface area contributed by atoms with Crippen LogP contribution in [0.5, 0.6) is 0 Å². The van der Waals surface area contributed by atoms with Crippen molar-refractivity contribution in [2.45, 2.75) is 30.7 Å². The summed E-state index contributed by atoms with van der Waals surface area (Å²) < 4.78 is 32.4. The molecule has 2 aliphatic heterocycles. The molecule has 1 aromatic heterocycles. The van der Waals surface area contributed by atoms with Gasteiger partial charge in [0.15, 0.2) is 0 Å². The third-order valence-corrected chi connectivity index (χ3v) is 7.56. The van der Waals surface area contributed by atoms with Crippen molar-refractivity contribution in [1.29, 1.82) is 0 Å². The zero-order chi connectivity index (χ0) is 21.7. The number of ether oxygens (including phenoxy) is 1. The van der Waals surface area contributed by atoms with Crippen LogP contribution in [-0.4, -0.2) is 63.0 Å². The van der Waals surface area contributed by atoms with Gasteiger partial charge in [0, 0.05) is 50.0 Å². The maximum atomic E-state index is 12.9. The highest BCUT2D eigenvalue weighted by Crippen LogP contribution is 2.22. The SMILES string of the molecule is O=C(NCc1cccnc1N1CCCCC1)c1cccc(S(=O)(=O)N2CCOCC2)c1. The highest BCUT2D eigenvalue weighted by atomic mass is 32.2. The van der Waals surface area contributed by atoms with E-state index in [1.807, 2.05) is 12.1 Å². The Balaban J connectivity index is 1.46. The fraction of sp³-hybridized carbons (Fsp3) is 0.455. The number of pyridine rings is 1. The topological polar surface area (TPSA) is 91.8 Å². The number of hydrogen-bond acceptors (Lipinski definition) is 6. The number of nitrogens with one attached hydrogen (secondary N) is 1. The predicted molar refractivity (Wildman–Crippen MR) is 117 cm³/mol. The average Bonchev–Trinajstić information content (AvgIpc) is 2.84. The molecule has 4 rings (SSSR count). The van der Waals surface area contributed by atoms with Gasteiger partial charge in [-0.1, -0.05) is 12.1 Å². The Morgan fingerprint density at radius 3 is 2.58 bits per heavy atom. The summed E-state index contributed by atoms with van der Waals surface area (Å²) in [4.78, 5) is 19.7. The van der Waals surface area contributed by atoms with Gasteiger partial charge in [-0.2, -0.15) is 4.31 Å². The molecule has 2 aliphatic rings. The third-order valence-electron chi connectivity index (χ3n) is 5.67. The predicted octanol–water partition coefficient (Wildman–Crippen LogP) is 2.02. The van der Waals surface area contributed by atoms with Crippen molar-refractivity contribution in [2.24, 2.45) is 0 Å². The van der Waals surface area contributed by atoms with Crippen molar-refractivity contribution in [3.05, 3.63) is 53.7 Å². The summed E-state index contributed by atoms with van der Waals surface area (Å²) in [6.07, 6.45) is 5.30. The minimum Gasteiger partial charge on any atom is -0.379 e. The summed E-state index contributed by atoms with van der Waals surface area (Å²) >= 11 is 0. The zero-order valence-electron chi connectivity index (χ0n) is 17.5. The molecule has 8 nitrogen and oxygen atoms in total. The van der Waals surface area contributed by atoms with Crippen LogP contribution in [0.2, 0.25) is 0 Å². The number of rotatable bonds is 6. The fourth-order valence-corrected chi connectivity index (χ4v) is 5.42. The Kier molecular flexibility index (Phi) is 6.84. The Morgan fingerprint density at radius 1 is 1.03 bits per heavy atom. The number of benzene rings is 1. The molecule has 0 aliphatic carbocycles. The molecule has 0 unspecified atom stereocenters. The van der Waals surface area contributed by atoms with E-state index in [1.54, 1.807) is 18.3 Å². The Labute approximate surface area is 183 Å². The minimum absolute atomic E-state index is 0.123. The van der Waals surface area contributed by atoms with E-state index in [4.69, 9.17) is 4.74 Å². The van der Waals surface area contributed by atoms with E-state index >= 15 is 0 Å². The lowest BCUT2D eigenvalue weighted by Gasteiger charge is -2.29. The van der Waals surface area contributed by atoms with Gasteiger partial charge in [0.25, 0.3) is 5.91 Å². The molecule has 0 bridgehead atoms. The molecule has 0 atom stereocenters. The van der Waals surface area contributed by atoms with E-state index in [0.29, 0.717) is 38.4 Å². The number of morpholine rings is 1. The first kappa shape index (κ1) is 21.7. The molecule has 1 amide bonds. The van der Waals surface area contributed by atoms with Crippen LogP contribution in [0.15, 0.2) is 47.5 Å². The molecule has 9 heteroatoms. The fourth-order valence-electron chi connectivity index (χ4n) is 3.97. The number of aromatic nitrogens is 1. The zero-order valence-corrected chi connectivity index (χ0v) is 18.3. The van der Waals surface area contributed by atoms with E-state index in [2.05, 4.69) is 15.2 Å². The lowest BCUT2D eigenvalue weighted by molar-refractivity contribution is 0.0730. The molecule has 1 aromatic carbocycles. The van der Waals surface area contributed by atoms with Gasteiger partial charge >= 0.3 is 0 Å². The van der Waals surface area contributed by atoms with E-state index in [9.17, 15) is 13.2 Å². The second-order valence-corrected chi connectivity index (χ2v) is 9.70. The molecule has 3 heterocycles. The number of hydrogen-bond donors (Lipinski definition) is 1. The van der Waals surface area contributed by atoms with Gasteiger partial charge in [-0.15, -0.1) is 0 Å². The van der Waals surface area contributed by atoms with Gasteiger partial charge in [-0.05, 0) is 43.5 Å². The van der Waals surface area contributed by atoms with Gasteiger partial charge in [0.1, 0.15) is 5.82 Å². The molecular weight excluding hydrogens is 416 g/mol. The number of sulfonamides is 1. The van der Waals surface area contributed by atoms with Crippen molar-refractivity contribution in [3.63, 3.8) is 0 Å². The van der Waals surface area contributed by atoms with Crippen molar-refractivity contribution in [2.75, 3.05) is 44.3 Å². The number of anilines is 1. The van der Waals surface area contributed by atoms with Crippen LogP contribution < -0.4 is 10.2 Å². The van der Waals surface area contributed by atoms with Gasteiger partial charge in [-0.25, -0.2) is 13.4 Å². The quantitative estimate of drug-likeness (QED) is 0.733. The minimum atomic E-state index is -3.65. The van der Waals surface area contributed by atoms with Crippen LogP contribution in [0, 0.1) is 0 Å². The summed E-state index contributed by atoms with van der Waals surface area (Å²) in [6, 6.07) is 10.0. The van der Waals surface area contributed by atoms with E-state index < -0.39 is 10.0 Å². The summed E-state index contributed by atoms with van der Waals surface area (Å²) in [6.45, 7) is 3.67. The first-order valence-electron chi connectivity index (χ1n) is 10.7. The number of piperidine rings is 1. The Hall–Kier alpha value is -2.49. The summed E-state index contributed by atoms with van der Waals surface area (Å²) in [7, 11) is -3.65. The van der Waals surface area contributed by atoms with Crippen molar-refractivity contribution >= 4 is 21.7 Å². The molecule has 31 heavy (non-hydrogen) atoms. The Morgan fingerprint density at radius 2 is 1.81 bits per heavy atom. The number of carbonyl (C=O) groups excluding carboxylic acids is 1. The highest BCUT2D eigenvalue weighted by molar-refractivity contribution is 7.89. The Bertz CT molecular complexity index is 1020. The lowest BCUT2D eigenvalue weighted by atomic mass is 10.1. The third kappa shape index (κ3) is 5.06. The first-order chi connectivity index (χ1) is 15.1. The number of amides is 1. The van der Waals surface area contributed by atoms with Crippen LogP contribution in [0.1, 0.15) is 35.2 Å². The van der Waals surface area contributed by atoms with Crippen LogP contribution >= 0.6 is 0 Å². The molecule has 2 fully saturated rings. The molecule has 0 spiro atoms. The largest absolute Gasteiger partial charge is 0.379 e. The lowest BCUT2D eigenvalue weighted by Crippen LogP contribution is -2.40. The average molecular weight is 445 g/mol. The van der Waals surface area contributed by atoms with E-state index in [-0.39, 0.29) is 10.8 Å². The second-order valence-electron chi connectivity index (χ2n) is 7.76. The van der Waals surface area contributed by atoms with Crippen LogP contribution in [0.3, 0.4) is 0 Å². The normalized spacial score (nSPS) is 18.0. The molecule has 1 N–H and O–H groups in total. The monoisotopic (exact) mass is 444 g/mol. The molecular formula is C22H28N4O4S. The van der Waals surface area contributed by atoms with Crippen molar-refractivity contribution in [3.8, 4) is 0 Å². The van der Waals surface area contributed by atoms with Crippen molar-refractivity contribution < 1.29 is 17.9 Å². The molecule has 0 radical (unpaired) electrons. The first-order valence-corrected chi connectivity index (χ1v) is 12.1. The standard InChI is InChI=1S/C22H28N4O4S/c27-22(24-17-19-7-5-9-23-21(19)25-10-2-1-3-11-25)18-6-4-8-20(16-18)31(28,29)26-12-14-30-15-13-26/h4-9,16H,1-3,10-15,17H2,(H,24,27). The smallest absolute Gasteiger partial charge is 0.251 e. The maximum Gasteiger partial charge on any atom is 0.251 e. The van der Waals surface area contributed by atoms with Gasteiger partial charge < -0.3 is 15.0 Å². The van der Waals surface area contributed by atoms with Gasteiger partial charge in [0.2, 0.25) is 10.0 Å². The number of carbonyl (C=O) groups is 1. The summed E-state index contributed by atoms with van der Waals surface area (Å²) in [5, 5.41) is 2.92. The van der Waals surface area contributed by atoms with Crippen LogP contribution in [0.4, 0.5) is 5.82 Å². The molecule has 0 saturated carbocycles. The van der Waals surface area contributed by atoms with E-state index in [1.165, 1.54) is 22.9 Å². The van der Waals surface area contributed by atoms with E-state index in [0.717, 1.165) is 37.3 Å². The van der Waals surface area contributed by atoms with Crippen molar-refractivity contribution in [1.82, 2.24) is 14.6 Å². The molecule has 166 valence electrons.